The number of allylic oxidation sites excluding steroid dienone is 4. The number of fused-ring (bicyclic) bond motifs is 3. The van der Waals surface area contributed by atoms with Gasteiger partial charge in [-0.1, -0.05) is 0 Å². The van der Waals surface area contributed by atoms with E-state index in [0.717, 1.165) is 6.42 Å². The predicted molar refractivity (Wildman–Crippen MR) is 154 cm³/mol. The van der Waals surface area contributed by atoms with E-state index in [1.807, 2.05) is 0 Å². The first-order valence-electron chi connectivity index (χ1n) is 13.4. The van der Waals surface area contributed by atoms with Gasteiger partial charge in [0.1, 0.15) is 0 Å². The van der Waals surface area contributed by atoms with E-state index >= 15 is 0 Å². The monoisotopic (exact) mass is 620 g/mol. The van der Waals surface area contributed by atoms with Gasteiger partial charge in [-0.3, -0.25) is 0 Å². The summed E-state index contributed by atoms with van der Waals surface area (Å²) in [4.78, 5) is 0. The Morgan fingerprint density at radius 1 is 0.763 bits per heavy atom. The molecule has 0 spiro atoms. The van der Waals surface area contributed by atoms with Crippen LogP contribution >= 0.6 is 0 Å². The largest absolute Gasteiger partial charge is 1.00 e. The van der Waals surface area contributed by atoms with Gasteiger partial charge >= 0.3 is 227 Å². The van der Waals surface area contributed by atoms with Crippen LogP contribution in [0.4, 0.5) is 0 Å². The summed E-state index contributed by atoms with van der Waals surface area (Å²) in [5.74, 6) is 0.512. The van der Waals surface area contributed by atoms with Crippen LogP contribution in [0.1, 0.15) is 77.6 Å². The van der Waals surface area contributed by atoms with E-state index in [9.17, 15) is 0 Å². The van der Waals surface area contributed by atoms with Gasteiger partial charge in [0.25, 0.3) is 0 Å². The summed E-state index contributed by atoms with van der Waals surface area (Å²) in [5, 5.41) is 0. The van der Waals surface area contributed by atoms with Crippen molar-refractivity contribution in [3.63, 3.8) is 0 Å². The summed E-state index contributed by atoms with van der Waals surface area (Å²) in [7, 11) is 0. The summed E-state index contributed by atoms with van der Waals surface area (Å²) < 4.78 is 6.14. The molecular weight excluding hydrogens is 583 g/mol. The topological polar surface area (TPSA) is 0 Å². The Labute approximate surface area is 250 Å². The fourth-order valence-corrected chi connectivity index (χ4v) is 13.7. The third-order valence-corrected chi connectivity index (χ3v) is 15.6. The molecule has 2 aliphatic rings. The third-order valence-electron chi connectivity index (χ3n) is 8.01. The van der Waals surface area contributed by atoms with Crippen LogP contribution in [0.15, 0.2) is 87.2 Å². The zero-order chi connectivity index (χ0) is 25.8. The van der Waals surface area contributed by atoms with E-state index < -0.39 is 21.3 Å². The minimum atomic E-state index is -2.41. The molecule has 0 nitrogen and oxygen atoms in total. The van der Waals surface area contributed by atoms with Gasteiger partial charge in [0.15, 0.2) is 0 Å². The Bertz CT molecular complexity index is 1420. The summed E-state index contributed by atoms with van der Waals surface area (Å²) in [6.07, 6.45) is 3.64. The Kier molecular flexibility index (Phi) is 9.41. The standard InChI is InChI=1S/C13H9.C11H17.C11H14.2ClH.Zr/c1-3-7-12-10(5-1)9-11-6-2-4-8-13(11)12;1-8-6-9(2)10(7-8)11(3,4)5;1-9-5-7-10(8-6-9)11(2,3)4;;;/h1-5,7-8H,9H2;7-8H,1-5H3;1,5-8H,2-4H3;2*1H;/q;;;;;+2/p-2. The van der Waals surface area contributed by atoms with Gasteiger partial charge in [0, 0.05) is 0 Å². The number of hydrogen-bond acceptors (Lipinski definition) is 0. The van der Waals surface area contributed by atoms with E-state index in [4.69, 9.17) is 0 Å². The second-order valence-electron chi connectivity index (χ2n) is 12.8. The Morgan fingerprint density at radius 2 is 1.39 bits per heavy atom. The van der Waals surface area contributed by atoms with Crippen molar-refractivity contribution >= 4 is 6.98 Å². The molecule has 0 heterocycles. The second-order valence-corrected chi connectivity index (χ2v) is 18.1. The number of hydrogen-bond donors (Lipinski definition) is 0. The normalized spacial score (nSPS) is 16.4. The molecule has 0 saturated heterocycles. The number of rotatable bonds is 3. The van der Waals surface area contributed by atoms with Gasteiger partial charge in [0.2, 0.25) is 0 Å². The van der Waals surface area contributed by atoms with Gasteiger partial charge in [-0.05, 0) is 0 Å². The van der Waals surface area contributed by atoms with Crippen molar-refractivity contribution in [3.8, 4) is 11.1 Å². The van der Waals surface area contributed by atoms with Crippen molar-refractivity contribution in [1.29, 1.82) is 0 Å². The summed E-state index contributed by atoms with van der Waals surface area (Å²) in [6.45, 7) is 18.8. The summed E-state index contributed by atoms with van der Waals surface area (Å²) in [5.41, 5.74) is 12.2. The van der Waals surface area contributed by atoms with Crippen molar-refractivity contribution in [3.05, 3.63) is 109 Å². The fourth-order valence-electron chi connectivity index (χ4n) is 6.16. The van der Waals surface area contributed by atoms with Crippen LogP contribution < -0.4 is 28.1 Å². The molecule has 0 aliphatic heterocycles. The zero-order valence-electron chi connectivity index (χ0n) is 24.0. The molecule has 1 unspecified atom stereocenters. The average Bonchev–Trinajstić information content (AvgIpc) is 3.34. The van der Waals surface area contributed by atoms with Crippen molar-refractivity contribution < 1.29 is 46.1 Å². The maximum atomic E-state index is 2.72. The molecule has 0 radical (unpaired) electrons. The quantitative estimate of drug-likeness (QED) is 0.330. The molecule has 3 aromatic carbocycles. The molecule has 38 heavy (non-hydrogen) atoms. The first-order chi connectivity index (χ1) is 16.9. The van der Waals surface area contributed by atoms with Crippen molar-refractivity contribution in [2.24, 2.45) is 11.3 Å². The van der Waals surface area contributed by atoms with E-state index in [1.165, 1.54) is 27.8 Å². The predicted octanol–water partition coefficient (Wildman–Crippen LogP) is 2.55. The maximum absolute atomic E-state index is 2.72. The number of halogens is 2. The van der Waals surface area contributed by atoms with Crippen LogP contribution in [0, 0.1) is 11.3 Å². The van der Waals surface area contributed by atoms with Crippen molar-refractivity contribution in [2.45, 2.75) is 67.2 Å². The SMILES string of the molecule is CC1=[C](/[Zr+2](=[CH]/c2ccc(C(C)(C)C)cc2)[c]2cccc3c2Cc2ccccc2-3)C(C)C=C1C(C)(C)C.[Cl-].[Cl-]. The third kappa shape index (κ3) is 5.82. The van der Waals surface area contributed by atoms with E-state index in [0.29, 0.717) is 5.92 Å². The molecule has 0 bridgehead atoms. The van der Waals surface area contributed by atoms with Crippen LogP contribution in [0.2, 0.25) is 0 Å². The van der Waals surface area contributed by atoms with Gasteiger partial charge in [-0.15, -0.1) is 0 Å². The van der Waals surface area contributed by atoms with E-state index in [2.05, 4.69) is 132 Å². The molecule has 3 heteroatoms. The zero-order valence-corrected chi connectivity index (χ0v) is 28.0. The molecule has 0 aromatic heterocycles. The van der Waals surface area contributed by atoms with Crippen molar-refractivity contribution in [1.82, 2.24) is 0 Å². The molecule has 0 amide bonds. The smallest absolute Gasteiger partial charge is 1.00 e. The second kappa shape index (κ2) is 11.5. The first-order valence-corrected chi connectivity index (χ1v) is 17.3. The minimum Gasteiger partial charge on any atom is -1.00 e. The molecule has 1 atom stereocenters. The maximum Gasteiger partial charge on any atom is -1.00 e. The van der Waals surface area contributed by atoms with Gasteiger partial charge in [0.05, 0.1) is 0 Å². The molecule has 2 aliphatic carbocycles. The van der Waals surface area contributed by atoms with Crippen LogP contribution in [-0.4, -0.2) is 3.71 Å². The van der Waals surface area contributed by atoms with Crippen LogP contribution in [-0.2, 0) is 33.1 Å². The van der Waals surface area contributed by atoms with Crippen molar-refractivity contribution in [2.75, 3.05) is 0 Å². The molecule has 198 valence electrons. The van der Waals surface area contributed by atoms with Gasteiger partial charge in [-0.2, -0.15) is 0 Å². The molecule has 0 fully saturated rings. The Hall–Kier alpha value is -1.53. The molecule has 3 aromatic rings. The first kappa shape index (κ1) is 31.0. The average molecular weight is 623 g/mol. The van der Waals surface area contributed by atoms with Gasteiger partial charge < -0.3 is 24.8 Å². The minimum absolute atomic E-state index is 0. The van der Waals surface area contributed by atoms with Gasteiger partial charge in [-0.25, -0.2) is 0 Å². The molecule has 0 saturated carbocycles. The summed E-state index contributed by atoms with van der Waals surface area (Å²) in [6, 6.07) is 25.6. The summed E-state index contributed by atoms with van der Waals surface area (Å²) >= 11 is -2.41. The van der Waals surface area contributed by atoms with E-state index in [1.54, 1.807) is 23.3 Å². The molecule has 5 rings (SSSR count). The Balaban J connectivity index is 0.00000200. The van der Waals surface area contributed by atoms with Crippen LogP contribution in [0.25, 0.3) is 11.1 Å². The molecular formula is C35H40Cl2Zr. The Morgan fingerprint density at radius 3 is 2.00 bits per heavy atom. The molecule has 0 N–H and O–H groups in total. The van der Waals surface area contributed by atoms with Crippen LogP contribution in [0.3, 0.4) is 0 Å². The number of benzene rings is 3. The van der Waals surface area contributed by atoms with Crippen LogP contribution in [0.5, 0.6) is 0 Å². The van der Waals surface area contributed by atoms with E-state index in [-0.39, 0.29) is 35.6 Å². The fraction of sp³-hybridized carbons (Fsp3) is 0.343.